The van der Waals surface area contributed by atoms with Gasteiger partial charge in [0.1, 0.15) is 24.0 Å². The van der Waals surface area contributed by atoms with Gasteiger partial charge in [0.2, 0.25) is 0 Å². The molecule has 2 aromatic carbocycles. The van der Waals surface area contributed by atoms with Gasteiger partial charge in [-0.15, -0.1) is 0 Å². The van der Waals surface area contributed by atoms with Crippen LogP contribution in [-0.2, 0) is 6.61 Å². The van der Waals surface area contributed by atoms with Crippen LogP contribution in [0, 0.1) is 11.6 Å². The lowest BCUT2D eigenvalue weighted by molar-refractivity contribution is 0.198. The lowest BCUT2D eigenvalue weighted by atomic mass is 10.1. The molecule has 0 aliphatic rings. The third-order valence-corrected chi connectivity index (χ3v) is 2.75. The van der Waals surface area contributed by atoms with Crippen LogP contribution in [0.15, 0.2) is 42.5 Å². The van der Waals surface area contributed by atoms with Gasteiger partial charge in [-0.3, -0.25) is 0 Å². The zero-order valence-electron chi connectivity index (χ0n) is 10.4. The zero-order chi connectivity index (χ0) is 13.8. The van der Waals surface area contributed by atoms with Crippen LogP contribution in [0.2, 0.25) is 0 Å². The average molecular weight is 264 g/mol. The van der Waals surface area contributed by atoms with Gasteiger partial charge >= 0.3 is 0 Å². The van der Waals surface area contributed by atoms with Crippen molar-refractivity contribution in [1.29, 1.82) is 0 Å². The molecule has 19 heavy (non-hydrogen) atoms. The number of hydrogen-bond donors (Lipinski definition) is 1. The van der Waals surface area contributed by atoms with E-state index in [0.717, 1.165) is 11.6 Å². The van der Waals surface area contributed by atoms with E-state index in [1.165, 1.54) is 12.1 Å². The Morgan fingerprint density at radius 3 is 2.63 bits per heavy atom. The van der Waals surface area contributed by atoms with Crippen molar-refractivity contribution in [2.75, 3.05) is 0 Å². The van der Waals surface area contributed by atoms with E-state index in [4.69, 9.17) is 4.74 Å². The van der Waals surface area contributed by atoms with Crippen molar-refractivity contribution in [2.24, 2.45) is 0 Å². The molecule has 0 bridgehead atoms. The van der Waals surface area contributed by atoms with E-state index in [-0.39, 0.29) is 12.2 Å². The predicted octanol–water partition coefficient (Wildman–Crippen LogP) is 3.60. The molecule has 0 fully saturated rings. The molecule has 0 saturated heterocycles. The molecule has 0 radical (unpaired) electrons. The summed E-state index contributed by atoms with van der Waals surface area (Å²) < 4.78 is 31.6. The highest BCUT2D eigenvalue weighted by molar-refractivity contribution is 5.30. The number of benzene rings is 2. The van der Waals surface area contributed by atoms with Crippen LogP contribution in [0.25, 0.3) is 0 Å². The van der Waals surface area contributed by atoms with Crippen LogP contribution in [0.1, 0.15) is 24.2 Å². The molecular formula is C15H14F2O2. The van der Waals surface area contributed by atoms with E-state index in [2.05, 4.69) is 0 Å². The number of aliphatic hydroxyl groups is 1. The summed E-state index contributed by atoms with van der Waals surface area (Å²) in [6.45, 7) is 1.66. The standard InChI is InChI=1S/C15H14F2O2/c1-10(18)11-3-2-4-14(7-11)19-9-12-5-6-13(16)8-15(12)17/h2-8,10,18H,9H2,1H3. The van der Waals surface area contributed by atoms with Crippen molar-refractivity contribution < 1.29 is 18.6 Å². The van der Waals surface area contributed by atoms with Gasteiger partial charge in [0.25, 0.3) is 0 Å². The molecule has 0 heterocycles. The third-order valence-electron chi connectivity index (χ3n) is 2.75. The second-order valence-corrected chi connectivity index (χ2v) is 4.27. The second kappa shape index (κ2) is 5.80. The Labute approximate surface area is 110 Å². The molecule has 0 saturated carbocycles. The zero-order valence-corrected chi connectivity index (χ0v) is 10.4. The Morgan fingerprint density at radius 1 is 1.16 bits per heavy atom. The minimum Gasteiger partial charge on any atom is -0.489 e. The molecule has 0 aliphatic carbocycles. The predicted molar refractivity (Wildman–Crippen MR) is 67.8 cm³/mol. The largest absolute Gasteiger partial charge is 0.489 e. The maximum Gasteiger partial charge on any atom is 0.132 e. The first-order valence-electron chi connectivity index (χ1n) is 5.91. The first-order chi connectivity index (χ1) is 9.06. The van der Waals surface area contributed by atoms with Gasteiger partial charge in [-0.1, -0.05) is 12.1 Å². The molecule has 0 amide bonds. The maximum atomic E-state index is 13.4. The number of ether oxygens (including phenoxy) is 1. The molecule has 100 valence electrons. The average Bonchev–Trinajstić information content (AvgIpc) is 2.38. The Hall–Kier alpha value is -1.94. The Morgan fingerprint density at radius 2 is 1.95 bits per heavy atom. The summed E-state index contributed by atoms with van der Waals surface area (Å²) >= 11 is 0. The monoisotopic (exact) mass is 264 g/mol. The van der Waals surface area contributed by atoms with Gasteiger partial charge < -0.3 is 9.84 Å². The summed E-state index contributed by atoms with van der Waals surface area (Å²) in [6.07, 6.45) is -0.592. The maximum absolute atomic E-state index is 13.4. The van der Waals surface area contributed by atoms with E-state index in [1.54, 1.807) is 31.2 Å². The van der Waals surface area contributed by atoms with E-state index in [9.17, 15) is 13.9 Å². The first-order valence-corrected chi connectivity index (χ1v) is 5.91. The summed E-state index contributed by atoms with van der Waals surface area (Å²) in [4.78, 5) is 0. The Kier molecular flexibility index (Phi) is 4.12. The van der Waals surface area contributed by atoms with Gasteiger partial charge in [0.05, 0.1) is 6.10 Å². The van der Waals surface area contributed by atoms with Crippen LogP contribution in [0.5, 0.6) is 5.75 Å². The smallest absolute Gasteiger partial charge is 0.132 e. The molecule has 1 N–H and O–H groups in total. The third kappa shape index (κ3) is 3.51. The summed E-state index contributed by atoms with van der Waals surface area (Å²) in [5.74, 6) is -0.717. The van der Waals surface area contributed by atoms with Crippen molar-refractivity contribution in [2.45, 2.75) is 19.6 Å². The molecule has 0 aromatic heterocycles. The topological polar surface area (TPSA) is 29.5 Å². The van der Waals surface area contributed by atoms with E-state index >= 15 is 0 Å². The molecular weight excluding hydrogens is 250 g/mol. The SMILES string of the molecule is CC(O)c1cccc(OCc2ccc(F)cc2F)c1. The summed E-state index contributed by atoms with van der Waals surface area (Å²) in [6, 6.07) is 10.3. The molecule has 2 nitrogen and oxygen atoms in total. The molecule has 0 aliphatic heterocycles. The minimum absolute atomic E-state index is 0.00930. The van der Waals surface area contributed by atoms with E-state index in [0.29, 0.717) is 5.75 Å². The molecule has 2 rings (SSSR count). The Balaban J connectivity index is 2.08. The van der Waals surface area contributed by atoms with Gasteiger partial charge in [-0.25, -0.2) is 8.78 Å². The molecule has 4 heteroatoms. The van der Waals surface area contributed by atoms with Crippen LogP contribution in [-0.4, -0.2) is 5.11 Å². The van der Waals surface area contributed by atoms with Crippen LogP contribution in [0.3, 0.4) is 0 Å². The van der Waals surface area contributed by atoms with Gasteiger partial charge in [0, 0.05) is 11.6 Å². The highest BCUT2D eigenvalue weighted by atomic mass is 19.1. The molecule has 0 spiro atoms. The molecule has 1 atom stereocenters. The fourth-order valence-electron chi connectivity index (χ4n) is 1.66. The lowest BCUT2D eigenvalue weighted by Crippen LogP contribution is -2.00. The van der Waals surface area contributed by atoms with Crippen molar-refractivity contribution in [3.8, 4) is 5.75 Å². The summed E-state index contributed by atoms with van der Waals surface area (Å²) in [7, 11) is 0. The molecule has 1 unspecified atom stereocenters. The minimum atomic E-state index is -0.633. The number of halogens is 2. The van der Waals surface area contributed by atoms with E-state index in [1.807, 2.05) is 0 Å². The number of rotatable bonds is 4. The van der Waals surface area contributed by atoms with Crippen molar-refractivity contribution in [3.05, 3.63) is 65.2 Å². The normalized spacial score (nSPS) is 12.2. The fourth-order valence-corrected chi connectivity index (χ4v) is 1.66. The molecule has 2 aromatic rings. The lowest BCUT2D eigenvalue weighted by Gasteiger charge is -2.10. The van der Waals surface area contributed by atoms with Gasteiger partial charge in [-0.05, 0) is 36.8 Å². The van der Waals surface area contributed by atoms with E-state index < -0.39 is 17.7 Å². The van der Waals surface area contributed by atoms with Crippen molar-refractivity contribution >= 4 is 0 Å². The number of hydrogen-bond acceptors (Lipinski definition) is 2. The highest BCUT2D eigenvalue weighted by Gasteiger charge is 2.06. The van der Waals surface area contributed by atoms with Crippen LogP contribution in [0.4, 0.5) is 8.78 Å². The van der Waals surface area contributed by atoms with Gasteiger partial charge in [0.15, 0.2) is 0 Å². The quantitative estimate of drug-likeness (QED) is 0.914. The number of aliphatic hydroxyl groups excluding tert-OH is 1. The van der Waals surface area contributed by atoms with Crippen LogP contribution < -0.4 is 4.74 Å². The fraction of sp³-hybridized carbons (Fsp3) is 0.200. The van der Waals surface area contributed by atoms with Crippen molar-refractivity contribution in [3.63, 3.8) is 0 Å². The van der Waals surface area contributed by atoms with Crippen molar-refractivity contribution in [1.82, 2.24) is 0 Å². The first kappa shape index (κ1) is 13.5. The van der Waals surface area contributed by atoms with Gasteiger partial charge in [-0.2, -0.15) is 0 Å². The van der Waals surface area contributed by atoms with Crippen LogP contribution >= 0.6 is 0 Å². The summed E-state index contributed by atoms with van der Waals surface area (Å²) in [5, 5.41) is 9.45. The highest BCUT2D eigenvalue weighted by Crippen LogP contribution is 2.20. The second-order valence-electron chi connectivity index (χ2n) is 4.27. The Bertz CT molecular complexity index is 568. The summed E-state index contributed by atoms with van der Waals surface area (Å²) in [5.41, 5.74) is 1.00.